The fourth-order valence-electron chi connectivity index (χ4n) is 5.72. The van der Waals surface area contributed by atoms with Gasteiger partial charge in [-0.1, -0.05) is 109 Å². The fourth-order valence-corrected chi connectivity index (χ4v) is 5.72. The number of phenolic OH excluding ortho intramolecular Hbond substituents is 4. The van der Waals surface area contributed by atoms with Crippen LogP contribution in [0.25, 0.3) is 0 Å². The number of aromatic hydroxyl groups is 4. The monoisotopic (exact) mass is 580 g/mol. The van der Waals surface area contributed by atoms with Crippen molar-refractivity contribution < 1.29 is 20.4 Å². The molecule has 220 valence electrons. The molecule has 0 heterocycles. The van der Waals surface area contributed by atoms with E-state index in [1.54, 1.807) is 48.5 Å². The molecule has 0 amide bonds. The van der Waals surface area contributed by atoms with Gasteiger partial charge >= 0.3 is 0 Å². The Hall–Kier alpha value is -5.48. The van der Waals surface area contributed by atoms with Crippen molar-refractivity contribution >= 4 is 0 Å². The second-order valence-corrected chi connectivity index (χ2v) is 11.2. The summed E-state index contributed by atoms with van der Waals surface area (Å²) in [4.78, 5) is 0. The zero-order valence-corrected chi connectivity index (χ0v) is 24.8. The molecule has 0 spiro atoms. The van der Waals surface area contributed by atoms with Gasteiger partial charge in [-0.2, -0.15) is 0 Å². The van der Waals surface area contributed by atoms with Crippen LogP contribution in [0, 0.1) is 0 Å². The summed E-state index contributed by atoms with van der Waals surface area (Å²) in [6, 6.07) is 49.6. The van der Waals surface area contributed by atoms with E-state index in [-0.39, 0.29) is 33.8 Å². The lowest BCUT2D eigenvalue weighted by Gasteiger charge is -2.32. The Balaban J connectivity index is 0.000000175. The molecule has 0 atom stereocenters. The molecule has 44 heavy (non-hydrogen) atoms. The number of benzene rings is 6. The number of hydrogen-bond acceptors (Lipinski definition) is 4. The maximum atomic E-state index is 9.57. The highest BCUT2D eigenvalue weighted by molar-refractivity contribution is 5.52. The Morgan fingerprint density at radius 3 is 0.659 bits per heavy atom. The van der Waals surface area contributed by atoms with Crippen molar-refractivity contribution in [3.05, 3.63) is 191 Å². The molecule has 0 saturated carbocycles. The highest BCUT2D eigenvalue weighted by atomic mass is 16.3. The van der Waals surface area contributed by atoms with Gasteiger partial charge in [0.05, 0.1) is 0 Å². The minimum absolute atomic E-state index is 0.255. The van der Waals surface area contributed by atoms with Crippen LogP contribution in [0.1, 0.15) is 47.2 Å². The van der Waals surface area contributed by atoms with Crippen LogP contribution < -0.4 is 0 Å². The van der Waals surface area contributed by atoms with E-state index in [1.165, 1.54) is 0 Å². The van der Waals surface area contributed by atoms with Gasteiger partial charge in [-0.25, -0.2) is 0 Å². The Kier molecular flexibility index (Phi) is 8.73. The molecule has 0 aliphatic heterocycles. The predicted molar refractivity (Wildman–Crippen MR) is 176 cm³/mol. The van der Waals surface area contributed by atoms with Crippen molar-refractivity contribution in [3.8, 4) is 23.0 Å². The van der Waals surface area contributed by atoms with Gasteiger partial charge in [-0.15, -0.1) is 0 Å². The van der Waals surface area contributed by atoms with Crippen molar-refractivity contribution in [1.82, 2.24) is 0 Å². The highest BCUT2D eigenvalue weighted by Gasteiger charge is 2.32. The van der Waals surface area contributed by atoms with Gasteiger partial charge in [-0.05, 0) is 95.8 Å². The zero-order chi connectivity index (χ0) is 31.2. The summed E-state index contributed by atoms with van der Waals surface area (Å²) >= 11 is 0. The summed E-state index contributed by atoms with van der Waals surface area (Å²) in [6.45, 7) is 4.31. The lowest BCUT2D eigenvalue weighted by Crippen LogP contribution is -2.25. The molecule has 4 N–H and O–H groups in total. The van der Waals surface area contributed by atoms with Crippen LogP contribution >= 0.6 is 0 Å². The molecular weight excluding hydrogens is 544 g/mol. The summed E-state index contributed by atoms with van der Waals surface area (Å²) < 4.78 is 0. The van der Waals surface area contributed by atoms with E-state index in [0.717, 1.165) is 33.4 Å². The van der Waals surface area contributed by atoms with Crippen LogP contribution in [-0.2, 0) is 10.8 Å². The molecule has 0 bridgehead atoms. The highest BCUT2D eigenvalue weighted by Crippen LogP contribution is 2.41. The SMILES string of the molecule is CC(c1ccccc1)(c1ccc(O)cc1)c1ccc(O)cc1.CC(c1ccccc1)(c1ccc(O)cc1)c1ccc(O)cc1. The first-order chi connectivity index (χ1) is 21.2. The lowest BCUT2D eigenvalue weighted by atomic mass is 9.71. The van der Waals surface area contributed by atoms with Crippen molar-refractivity contribution in [3.63, 3.8) is 0 Å². The van der Waals surface area contributed by atoms with Crippen LogP contribution in [0.3, 0.4) is 0 Å². The van der Waals surface area contributed by atoms with Crippen LogP contribution in [-0.4, -0.2) is 20.4 Å². The Labute approximate surface area is 258 Å². The van der Waals surface area contributed by atoms with Gasteiger partial charge in [0, 0.05) is 10.8 Å². The first-order valence-corrected chi connectivity index (χ1v) is 14.5. The minimum atomic E-state index is -0.358. The molecule has 0 unspecified atom stereocenters. The molecule has 0 fully saturated rings. The summed E-state index contributed by atoms with van der Waals surface area (Å²) in [5.41, 5.74) is 5.94. The van der Waals surface area contributed by atoms with E-state index in [0.29, 0.717) is 0 Å². The van der Waals surface area contributed by atoms with E-state index in [1.807, 2.05) is 84.9 Å². The zero-order valence-electron chi connectivity index (χ0n) is 24.8. The van der Waals surface area contributed by atoms with E-state index >= 15 is 0 Å². The van der Waals surface area contributed by atoms with Gasteiger partial charge in [0.25, 0.3) is 0 Å². The molecule has 0 aromatic heterocycles. The summed E-state index contributed by atoms with van der Waals surface area (Å²) in [5, 5.41) is 38.3. The maximum absolute atomic E-state index is 9.57. The summed E-state index contributed by atoms with van der Waals surface area (Å²) in [7, 11) is 0. The molecule has 6 aromatic carbocycles. The minimum Gasteiger partial charge on any atom is -0.508 e. The van der Waals surface area contributed by atoms with E-state index < -0.39 is 0 Å². The van der Waals surface area contributed by atoms with Crippen LogP contribution in [0.15, 0.2) is 158 Å². The van der Waals surface area contributed by atoms with Gasteiger partial charge in [0.1, 0.15) is 23.0 Å². The van der Waals surface area contributed by atoms with Gasteiger partial charge in [-0.3, -0.25) is 0 Å². The first kappa shape index (κ1) is 30.0. The van der Waals surface area contributed by atoms with Crippen LogP contribution in [0.2, 0.25) is 0 Å². The van der Waals surface area contributed by atoms with Gasteiger partial charge < -0.3 is 20.4 Å². The maximum Gasteiger partial charge on any atom is 0.115 e. The van der Waals surface area contributed by atoms with Crippen LogP contribution in [0.5, 0.6) is 23.0 Å². The first-order valence-electron chi connectivity index (χ1n) is 14.5. The van der Waals surface area contributed by atoms with Gasteiger partial charge in [0.2, 0.25) is 0 Å². The average molecular weight is 581 g/mol. The normalized spacial score (nSPS) is 11.3. The predicted octanol–water partition coefficient (Wildman–Crippen LogP) is 8.90. The van der Waals surface area contributed by atoms with Crippen LogP contribution in [0.4, 0.5) is 0 Å². The smallest absolute Gasteiger partial charge is 0.115 e. The van der Waals surface area contributed by atoms with Gasteiger partial charge in [0.15, 0.2) is 0 Å². The molecule has 0 radical (unpaired) electrons. The third kappa shape index (κ3) is 6.16. The van der Waals surface area contributed by atoms with Crippen molar-refractivity contribution in [2.45, 2.75) is 24.7 Å². The molecular formula is C40H36O4. The fraction of sp³-hybridized carbons (Fsp3) is 0.100. The molecule has 0 saturated heterocycles. The van der Waals surface area contributed by atoms with Crippen molar-refractivity contribution in [2.75, 3.05) is 0 Å². The lowest BCUT2D eigenvalue weighted by molar-refractivity contribution is 0.473. The average Bonchev–Trinajstić information content (AvgIpc) is 3.06. The number of phenols is 4. The Morgan fingerprint density at radius 2 is 0.455 bits per heavy atom. The Morgan fingerprint density at radius 1 is 0.273 bits per heavy atom. The summed E-state index contributed by atoms with van der Waals surface area (Å²) in [6.07, 6.45) is 0. The Bertz CT molecular complexity index is 1530. The second-order valence-electron chi connectivity index (χ2n) is 11.2. The third-order valence-electron chi connectivity index (χ3n) is 8.48. The largest absolute Gasteiger partial charge is 0.508 e. The molecule has 6 rings (SSSR count). The standard InChI is InChI=1S/2C20H18O2/c2*1-20(15-5-3-2-4-6-15,16-7-11-18(21)12-8-16)17-9-13-19(22)14-10-17/h2*2-14,21-22H,1H3. The quantitative estimate of drug-likeness (QED) is 0.148. The molecule has 4 heteroatoms. The second kappa shape index (κ2) is 12.8. The van der Waals surface area contributed by atoms with Crippen molar-refractivity contribution in [2.24, 2.45) is 0 Å². The van der Waals surface area contributed by atoms with E-state index in [2.05, 4.69) is 38.1 Å². The molecule has 6 aromatic rings. The van der Waals surface area contributed by atoms with Crippen molar-refractivity contribution in [1.29, 1.82) is 0 Å². The summed E-state index contributed by atoms with van der Waals surface area (Å²) in [5.74, 6) is 1.02. The van der Waals surface area contributed by atoms with E-state index in [9.17, 15) is 20.4 Å². The molecule has 0 aliphatic rings. The number of hydrogen-bond donors (Lipinski definition) is 4. The third-order valence-corrected chi connectivity index (χ3v) is 8.48. The topological polar surface area (TPSA) is 80.9 Å². The molecule has 4 nitrogen and oxygen atoms in total. The number of rotatable bonds is 6. The molecule has 0 aliphatic carbocycles. The van der Waals surface area contributed by atoms with E-state index in [4.69, 9.17) is 0 Å².